The Morgan fingerprint density at radius 1 is 1.50 bits per heavy atom. The molecule has 4 heteroatoms. The molecule has 0 bridgehead atoms. The van der Waals surface area contributed by atoms with Gasteiger partial charge in [-0.05, 0) is 19.9 Å². The first kappa shape index (κ1) is 11.1. The van der Waals surface area contributed by atoms with Crippen LogP contribution in [0, 0.1) is 6.92 Å². The summed E-state index contributed by atoms with van der Waals surface area (Å²) in [4.78, 5) is 8.31. The van der Waals surface area contributed by atoms with E-state index in [1.165, 1.54) is 0 Å². The van der Waals surface area contributed by atoms with Crippen molar-refractivity contribution in [3.63, 3.8) is 0 Å². The number of rotatable bonds is 6. The average molecular weight is 195 g/mol. The second-order valence-electron chi connectivity index (χ2n) is 2.97. The molecule has 1 aromatic heterocycles. The number of ether oxygens (including phenoxy) is 1. The van der Waals surface area contributed by atoms with Gasteiger partial charge in [0.05, 0.1) is 12.3 Å². The Hall–Kier alpha value is -1.00. The van der Waals surface area contributed by atoms with Gasteiger partial charge in [-0.1, -0.05) is 0 Å². The quantitative estimate of drug-likeness (QED) is 0.685. The van der Waals surface area contributed by atoms with Crippen LogP contribution in [0.25, 0.3) is 0 Å². The standard InChI is InChI=1S/C10H17N3O/c1-3-14-7-6-11-8-10-4-5-12-9(2)13-10/h4-5,11H,3,6-8H2,1-2H3. The number of nitrogens with one attached hydrogen (secondary N) is 1. The zero-order chi connectivity index (χ0) is 10.2. The van der Waals surface area contributed by atoms with Crippen molar-refractivity contribution in [3.8, 4) is 0 Å². The zero-order valence-electron chi connectivity index (χ0n) is 8.79. The van der Waals surface area contributed by atoms with Crippen molar-refractivity contribution in [2.75, 3.05) is 19.8 Å². The second kappa shape index (κ2) is 6.45. The maximum absolute atomic E-state index is 5.20. The highest BCUT2D eigenvalue weighted by Crippen LogP contribution is 1.93. The number of hydrogen-bond acceptors (Lipinski definition) is 4. The highest BCUT2D eigenvalue weighted by molar-refractivity contribution is 5.00. The fourth-order valence-electron chi connectivity index (χ4n) is 1.11. The first-order valence-electron chi connectivity index (χ1n) is 4.90. The fraction of sp³-hybridized carbons (Fsp3) is 0.600. The lowest BCUT2D eigenvalue weighted by atomic mass is 10.4. The summed E-state index contributed by atoms with van der Waals surface area (Å²) >= 11 is 0. The Balaban J connectivity index is 2.18. The van der Waals surface area contributed by atoms with E-state index in [1.807, 2.05) is 19.9 Å². The summed E-state index contributed by atoms with van der Waals surface area (Å²) in [5, 5.41) is 3.25. The maximum Gasteiger partial charge on any atom is 0.125 e. The lowest BCUT2D eigenvalue weighted by molar-refractivity contribution is 0.149. The molecule has 0 aliphatic rings. The van der Waals surface area contributed by atoms with Crippen LogP contribution in [0.4, 0.5) is 0 Å². The van der Waals surface area contributed by atoms with Gasteiger partial charge in [0.25, 0.3) is 0 Å². The minimum absolute atomic E-state index is 0.751. The minimum atomic E-state index is 0.751. The van der Waals surface area contributed by atoms with Crippen LogP contribution in [0.1, 0.15) is 18.4 Å². The molecule has 14 heavy (non-hydrogen) atoms. The summed E-state index contributed by atoms with van der Waals surface area (Å²) in [5.74, 6) is 0.814. The molecule has 1 heterocycles. The third kappa shape index (κ3) is 4.30. The smallest absolute Gasteiger partial charge is 0.125 e. The van der Waals surface area contributed by atoms with Crippen LogP contribution in [0.3, 0.4) is 0 Å². The Bertz CT molecular complexity index is 265. The molecular formula is C10H17N3O. The summed E-state index contributed by atoms with van der Waals surface area (Å²) in [5.41, 5.74) is 1.02. The Kier molecular flexibility index (Phi) is 5.11. The fourth-order valence-corrected chi connectivity index (χ4v) is 1.11. The molecule has 1 aromatic rings. The van der Waals surface area contributed by atoms with Gasteiger partial charge in [-0.25, -0.2) is 9.97 Å². The van der Waals surface area contributed by atoms with Crippen LogP contribution in [0.5, 0.6) is 0 Å². The van der Waals surface area contributed by atoms with Crippen LogP contribution in [0.15, 0.2) is 12.3 Å². The number of aromatic nitrogens is 2. The molecule has 0 radical (unpaired) electrons. The first-order valence-corrected chi connectivity index (χ1v) is 4.90. The van der Waals surface area contributed by atoms with Gasteiger partial charge >= 0.3 is 0 Å². The molecule has 0 aliphatic heterocycles. The van der Waals surface area contributed by atoms with Crippen molar-refractivity contribution >= 4 is 0 Å². The van der Waals surface area contributed by atoms with Gasteiger partial charge in [-0.3, -0.25) is 0 Å². The van der Waals surface area contributed by atoms with Crippen molar-refractivity contribution < 1.29 is 4.74 Å². The maximum atomic E-state index is 5.20. The van der Waals surface area contributed by atoms with E-state index in [-0.39, 0.29) is 0 Å². The van der Waals surface area contributed by atoms with E-state index < -0.39 is 0 Å². The zero-order valence-corrected chi connectivity index (χ0v) is 8.79. The summed E-state index contributed by atoms with van der Waals surface area (Å²) < 4.78 is 5.20. The van der Waals surface area contributed by atoms with Crippen LogP contribution in [-0.2, 0) is 11.3 Å². The molecule has 1 N–H and O–H groups in total. The van der Waals surface area contributed by atoms with Gasteiger partial charge in [-0.2, -0.15) is 0 Å². The predicted molar refractivity (Wildman–Crippen MR) is 55.0 cm³/mol. The van der Waals surface area contributed by atoms with E-state index in [1.54, 1.807) is 6.20 Å². The first-order chi connectivity index (χ1) is 6.83. The van der Waals surface area contributed by atoms with Gasteiger partial charge in [0.15, 0.2) is 0 Å². The molecule has 0 saturated heterocycles. The Labute approximate surface area is 84.7 Å². The van der Waals surface area contributed by atoms with Gasteiger partial charge < -0.3 is 10.1 Å². The molecule has 78 valence electrons. The van der Waals surface area contributed by atoms with Gasteiger partial charge in [0.1, 0.15) is 5.82 Å². The third-order valence-electron chi connectivity index (χ3n) is 1.77. The van der Waals surface area contributed by atoms with Crippen molar-refractivity contribution in [1.29, 1.82) is 0 Å². The highest BCUT2D eigenvalue weighted by Gasteiger charge is 1.94. The predicted octanol–water partition coefficient (Wildman–Crippen LogP) is 0.911. The molecule has 0 atom stereocenters. The number of aryl methyl sites for hydroxylation is 1. The van der Waals surface area contributed by atoms with Crippen LogP contribution < -0.4 is 5.32 Å². The SMILES string of the molecule is CCOCCNCc1ccnc(C)n1. The molecule has 0 saturated carbocycles. The second-order valence-corrected chi connectivity index (χ2v) is 2.97. The van der Waals surface area contributed by atoms with Crippen molar-refractivity contribution in [1.82, 2.24) is 15.3 Å². The molecule has 0 unspecified atom stereocenters. The lowest BCUT2D eigenvalue weighted by Crippen LogP contribution is -2.20. The number of nitrogens with zero attached hydrogens (tertiary/aromatic N) is 2. The number of hydrogen-bond donors (Lipinski definition) is 1. The monoisotopic (exact) mass is 195 g/mol. The molecule has 0 spiro atoms. The van der Waals surface area contributed by atoms with E-state index in [2.05, 4.69) is 15.3 Å². The summed E-state index contributed by atoms with van der Waals surface area (Å²) in [6.07, 6.45) is 1.78. The van der Waals surface area contributed by atoms with Crippen LogP contribution in [0.2, 0.25) is 0 Å². The van der Waals surface area contributed by atoms with E-state index in [0.29, 0.717) is 0 Å². The Morgan fingerprint density at radius 2 is 2.36 bits per heavy atom. The van der Waals surface area contributed by atoms with Crippen LogP contribution in [-0.4, -0.2) is 29.7 Å². The molecule has 0 amide bonds. The lowest BCUT2D eigenvalue weighted by Gasteiger charge is -2.04. The minimum Gasteiger partial charge on any atom is -0.380 e. The van der Waals surface area contributed by atoms with Gasteiger partial charge in [-0.15, -0.1) is 0 Å². The largest absolute Gasteiger partial charge is 0.380 e. The summed E-state index contributed by atoms with van der Waals surface area (Å²) in [6.45, 7) is 7.04. The summed E-state index contributed by atoms with van der Waals surface area (Å²) in [7, 11) is 0. The van der Waals surface area contributed by atoms with E-state index in [0.717, 1.165) is 37.8 Å². The van der Waals surface area contributed by atoms with Crippen molar-refractivity contribution in [3.05, 3.63) is 23.8 Å². The van der Waals surface area contributed by atoms with E-state index >= 15 is 0 Å². The molecular weight excluding hydrogens is 178 g/mol. The third-order valence-corrected chi connectivity index (χ3v) is 1.77. The van der Waals surface area contributed by atoms with E-state index in [9.17, 15) is 0 Å². The normalized spacial score (nSPS) is 10.4. The highest BCUT2D eigenvalue weighted by atomic mass is 16.5. The molecule has 1 rings (SSSR count). The molecule has 4 nitrogen and oxygen atoms in total. The molecule has 0 aliphatic carbocycles. The van der Waals surface area contributed by atoms with Crippen molar-refractivity contribution in [2.45, 2.75) is 20.4 Å². The summed E-state index contributed by atoms with van der Waals surface area (Å²) in [6, 6.07) is 1.92. The molecule has 0 aromatic carbocycles. The van der Waals surface area contributed by atoms with Gasteiger partial charge in [0.2, 0.25) is 0 Å². The van der Waals surface area contributed by atoms with Crippen LogP contribution >= 0.6 is 0 Å². The van der Waals surface area contributed by atoms with Crippen molar-refractivity contribution in [2.24, 2.45) is 0 Å². The topological polar surface area (TPSA) is 47.0 Å². The molecule has 0 fully saturated rings. The van der Waals surface area contributed by atoms with Gasteiger partial charge in [0, 0.05) is 25.9 Å². The Morgan fingerprint density at radius 3 is 3.07 bits per heavy atom. The average Bonchev–Trinajstić information content (AvgIpc) is 2.18. The van der Waals surface area contributed by atoms with E-state index in [4.69, 9.17) is 4.74 Å².